The highest BCUT2D eigenvalue weighted by Gasteiger charge is 2.19. The van der Waals surface area contributed by atoms with Gasteiger partial charge in [-0.2, -0.15) is 0 Å². The number of aliphatic hydroxyl groups excluding tert-OH is 1. The highest BCUT2D eigenvalue weighted by Crippen LogP contribution is 2.33. The quantitative estimate of drug-likeness (QED) is 0.785. The monoisotopic (exact) mass is 425 g/mol. The number of aliphatic hydroxyl groups is 1. The molecule has 8 heteroatoms. The number of sulfonamides is 1. The molecule has 0 aliphatic rings. The van der Waals surface area contributed by atoms with E-state index in [-0.39, 0.29) is 10.8 Å². The van der Waals surface area contributed by atoms with E-state index in [2.05, 4.69) is 36.6 Å². The Morgan fingerprint density at radius 1 is 1.26 bits per heavy atom. The summed E-state index contributed by atoms with van der Waals surface area (Å²) >= 11 is 7.67. The van der Waals surface area contributed by atoms with Crippen LogP contribution in [0.3, 0.4) is 0 Å². The van der Waals surface area contributed by atoms with E-state index in [0.29, 0.717) is 20.2 Å². The van der Waals surface area contributed by atoms with Crippen molar-refractivity contribution in [3.8, 4) is 0 Å². The third-order valence-corrected chi connectivity index (χ3v) is 6.44. The molecule has 0 spiro atoms. The number of rotatable bonds is 4. The zero-order valence-electron chi connectivity index (χ0n) is 9.43. The molecule has 1 aromatic carbocycles. The van der Waals surface area contributed by atoms with Gasteiger partial charge in [0, 0.05) is 8.95 Å². The molecule has 0 unspecified atom stereocenters. The Morgan fingerprint density at radius 2 is 1.89 bits per heavy atom. The first-order chi connectivity index (χ1) is 8.94. The van der Waals surface area contributed by atoms with Gasteiger partial charge in [0.05, 0.1) is 12.3 Å². The molecule has 0 amide bonds. The maximum Gasteiger partial charge on any atom is 0.271 e. The van der Waals surface area contributed by atoms with Crippen molar-refractivity contribution in [3.05, 3.63) is 44.2 Å². The summed E-state index contributed by atoms with van der Waals surface area (Å²) in [5.74, 6) is 0. The van der Waals surface area contributed by atoms with Crippen LogP contribution in [0.15, 0.2) is 42.8 Å². The van der Waals surface area contributed by atoms with E-state index < -0.39 is 10.0 Å². The van der Waals surface area contributed by atoms with Crippen molar-refractivity contribution in [1.29, 1.82) is 0 Å². The lowest BCUT2D eigenvalue weighted by atomic mass is 10.3. The molecule has 0 saturated heterocycles. The fourth-order valence-electron chi connectivity index (χ4n) is 1.36. The first-order valence-corrected chi connectivity index (χ1v) is 9.04. The molecule has 1 aromatic heterocycles. The summed E-state index contributed by atoms with van der Waals surface area (Å²) in [6.07, 6.45) is 0. The fraction of sp³-hybridized carbons (Fsp3) is 0.0909. The standard InChI is InChI=1S/C11H9Br2NO3S2/c12-8-2-1-3-9(13)11(8)14-19(16,17)10-4-7(5-15)6-18-10/h1-4,6,14-15H,5H2. The predicted molar refractivity (Wildman–Crippen MR) is 82.9 cm³/mol. The van der Waals surface area contributed by atoms with Gasteiger partial charge in [0.25, 0.3) is 10.0 Å². The number of benzene rings is 1. The fourth-order valence-corrected chi connectivity index (χ4v) is 5.12. The second kappa shape index (κ2) is 5.92. The van der Waals surface area contributed by atoms with Crippen molar-refractivity contribution in [1.82, 2.24) is 0 Å². The Kier molecular flexibility index (Phi) is 4.67. The van der Waals surface area contributed by atoms with Crippen molar-refractivity contribution in [2.75, 3.05) is 4.72 Å². The smallest absolute Gasteiger partial charge is 0.271 e. The first kappa shape index (κ1) is 15.0. The lowest BCUT2D eigenvalue weighted by molar-refractivity contribution is 0.282. The molecule has 0 atom stereocenters. The molecule has 4 nitrogen and oxygen atoms in total. The van der Waals surface area contributed by atoms with E-state index in [1.807, 2.05) is 0 Å². The highest BCUT2D eigenvalue weighted by molar-refractivity contribution is 9.11. The van der Waals surface area contributed by atoms with Crippen LogP contribution in [0.1, 0.15) is 5.56 Å². The number of para-hydroxylation sites is 1. The molecule has 1 heterocycles. The van der Waals surface area contributed by atoms with E-state index in [1.165, 1.54) is 6.07 Å². The molecule has 0 saturated carbocycles. The molecule has 2 aromatic rings. The number of thiophene rings is 1. The SMILES string of the molecule is O=S(=O)(Nc1c(Br)cccc1Br)c1cc(CO)cs1. The summed E-state index contributed by atoms with van der Waals surface area (Å²) in [7, 11) is -3.65. The van der Waals surface area contributed by atoms with Crippen LogP contribution in [0.25, 0.3) is 0 Å². The van der Waals surface area contributed by atoms with E-state index in [1.54, 1.807) is 23.6 Å². The van der Waals surface area contributed by atoms with Crippen LogP contribution in [-0.2, 0) is 16.6 Å². The lowest BCUT2D eigenvalue weighted by Crippen LogP contribution is -2.12. The summed E-state index contributed by atoms with van der Waals surface area (Å²) in [6.45, 7) is -0.176. The molecule has 19 heavy (non-hydrogen) atoms. The topological polar surface area (TPSA) is 66.4 Å². The number of anilines is 1. The Morgan fingerprint density at radius 3 is 2.42 bits per heavy atom. The van der Waals surface area contributed by atoms with Gasteiger partial charge >= 0.3 is 0 Å². The number of hydrogen-bond donors (Lipinski definition) is 2. The van der Waals surface area contributed by atoms with Gasteiger partial charge < -0.3 is 5.11 Å². The molecule has 0 fully saturated rings. The van der Waals surface area contributed by atoms with E-state index in [9.17, 15) is 8.42 Å². The zero-order valence-corrected chi connectivity index (χ0v) is 14.2. The van der Waals surface area contributed by atoms with Crippen molar-refractivity contribution in [2.24, 2.45) is 0 Å². The largest absolute Gasteiger partial charge is 0.392 e. The molecule has 0 bridgehead atoms. The highest BCUT2D eigenvalue weighted by atomic mass is 79.9. The summed E-state index contributed by atoms with van der Waals surface area (Å²) in [5, 5.41) is 10.6. The van der Waals surface area contributed by atoms with Crippen LogP contribution in [0.5, 0.6) is 0 Å². The first-order valence-electron chi connectivity index (χ1n) is 5.09. The van der Waals surface area contributed by atoms with Gasteiger partial charge in [0.1, 0.15) is 4.21 Å². The van der Waals surface area contributed by atoms with Gasteiger partial charge in [0.2, 0.25) is 0 Å². The van der Waals surface area contributed by atoms with E-state index >= 15 is 0 Å². The minimum absolute atomic E-state index is 0.166. The Balaban J connectivity index is 2.36. The van der Waals surface area contributed by atoms with Crippen LogP contribution >= 0.6 is 43.2 Å². The second-order valence-electron chi connectivity index (χ2n) is 3.63. The van der Waals surface area contributed by atoms with Crippen molar-refractivity contribution < 1.29 is 13.5 Å². The molecule has 0 radical (unpaired) electrons. The maximum atomic E-state index is 12.2. The average molecular weight is 427 g/mol. The Hall–Kier alpha value is -0.410. The van der Waals surface area contributed by atoms with Crippen LogP contribution < -0.4 is 4.72 Å². The van der Waals surface area contributed by atoms with Gasteiger partial charge in [-0.15, -0.1) is 11.3 Å². The molecular weight excluding hydrogens is 418 g/mol. The maximum absolute atomic E-state index is 12.2. The second-order valence-corrected chi connectivity index (χ2v) is 8.16. The van der Waals surface area contributed by atoms with Crippen LogP contribution in [0.2, 0.25) is 0 Å². The molecule has 102 valence electrons. The number of hydrogen-bond acceptors (Lipinski definition) is 4. The van der Waals surface area contributed by atoms with Crippen molar-refractivity contribution >= 4 is 58.9 Å². The Labute approximate surface area is 131 Å². The van der Waals surface area contributed by atoms with Crippen LogP contribution in [0, 0.1) is 0 Å². The molecular formula is C11H9Br2NO3S2. The third-order valence-electron chi connectivity index (χ3n) is 2.28. The summed E-state index contributed by atoms with van der Waals surface area (Å²) in [5.41, 5.74) is 1.03. The lowest BCUT2D eigenvalue weighted by Gasteiger charge is -2.10. The van der Waals surface area contributed by atoms with Gasteiger partial charge in [0.15, 0.2) is 0 Å². The Bertz CT molecular complexity index is 677. The molecule has 0 aliphatic heterocycles. The van der Waals surface area contributed by atoms with Crippen molar-refractivity contribution in [3.63, 3.8) is 0 Å². The summed E-state index contributed by atoms with van der Waals surface area (Å²) in [6, 6.07) is 6.74. The van der Waals surface area contributed by atoms with Gasteiger partial charge in [-0.1, -0.05) is 6.07 Å². The number of nitrogens with one attached hydrogen (secondary N) is 1. The third kappa shape index (κ3) is 3.38. The van der Waals surface area contributed by atoms with Crippen molar-refractivity contribution in [2.45, 2.75) is 10.8 Å². The van der Waals surface area contributed by atoms with E-state index in [0.717, 1.165) is 11.3 Å². The summed E-state index contributed by atoms with van der Waals surface area (Å²) < 4.78 is 28.4. The molecule has 0 aliphatic carbocycles. The van der Waals surface area contributed by atoms with Crippen LogP contribution in [0.4, 0.5) is 5.69 Å². The van der Waals surface area contributed by atoms with Gasteiger partial charge in [-0.3, -0.25) is 4.72 Å². The normalized spacial score (nSPS) is 11.5. The molecule has 2 rings (SSSR count). The van der Waals surface area contributed by atoms with Crippen LogP contribution in [-0.4, -0.2) is 13.5 Å². The molecule has 2 N–H and O–H groups in total. The van der Waals surface area contributed by atoms with Gasteiger partial charge in [-0.05, 0) is 61.0 Å². The van der Waals surface area contributed by atoms with Gasteiger partial charge in [-0.25, -0.2) is 8.42 Å². The predicted octanol–water partition coefficient (Wildman–Crippen LogP) is 3.57. The summed E-state index contributed by atoms with van der Waals surface area (Å²) in [4.78, 5) is 0. The number of halogens is 2. The van der Waals surface area contributed by atoms with E-state index in [4.69, 9.17) is 5.11 Å². The minimum atomic E-state index is -3.65. The minimum Gasteiger partial charge on any atom is -0.392 e. The zero-order chi connectivity index (χ0) is 14.0. The average Bonchev–Trinajstić information content (AvgIpc) is 2.83.